The number of nitrogens with zero attached hydrogens (tertiary/aromatic N) is 1. The van der Waals surface area contributed by atoms with E-state index >= 15 is 0 Å². The number of rotatable bonds is 3. The van der Waals surface area contributed by atoms with E-state index in [1.54, 1.807) is 0 Å². The molecule has 80 valence electrons. The van der Waals surface area contributed by atoms with Crippen LogP contribution in [-0.4, -0.2) is 18.0 Å². The molecule has 0 saturated heterocycles. The quantitative estimate of drug-likeness (QED) is 0.690. The first-order chi connectivity index (χ1) is 6.16. The van der Waals surface area contributed by atoms with Crippen molar-refractivity contribution in [2.24, 2.45) is 5.41 Å². The number of carbonyl (C=O) groups is 1. The van der Waals surface area contributed by atoms with Crippen LogP contribution in [0.1, 0.15) is 41.0 Å². The van der Waals surface area contributed by atoms with Crippen molar-refractivity contribution in [3.63, 3.8) is 0 Å². The van der Waals surface area contributed by atoms with Gasteiger partial charge in [-0.1, -0.05) is 20.8 Å². The van der Waals surface area contributed by atoms with Gasteiger partial charge in [-0.15, -0.1) is 0 Å². The number of hydrogen-bond acceptors (Lipinski definition) is 1. The van der Waals surface area contributed by atoms with Gasteiger partial charge in [-0.2, -0.15) is 0 Å². The first-order valence-electron chi connectivity index (χ1n) is 4.82. The van der Waals surface area contributed by atoms with Crippen molar-refractivity contribution >= 4 is 5.91 Å². The van der Waals surface area contributed by atoms with Gasteiger partial charge in [-0.05, 0) is 5.41 Å². The van der Waals surface area contributed by atoms with E-state index in [1.165, 1.54) is 0 Å². The molecular formula is C11H20N2O. The number of carbonyl (C=O) groups excluding carboxylic acids is 1. The standard InChI is InChI=1S/C11H20N2O/c1-10(2,3)7-9(14)13-8-11(4,5)12-6/h7-8H2,1-5H3,(H,13,14). The molecule has 3 heteroatoms. The average molecular weight is 196 g/mol. The minimum absolute atomic E-state index is 0.00628. The molecule has 1 N–H and O–H groups in total. The lowest BCUT2D eigenvalue weighted by Gasteiger charge is -2.18. The van der Waals surface area contributed by atoms with Crippen molar-refractivity contribution in [2.45, 2.75) is 46.6 Å². The number of amides is 1. The second-order valence-corrected chi connectivity index (χ2v) is 5.44. The van der Waals surface area contributed by atoms with Crippen LogP contribution in [0.4, 0.5) is 0 Å². The van der Waals surface area contributed by atoms with E-state index in [9.17, 15) is 4.79 Å². The fourth-order valence-electron chi connectivity index (χ4n) is 0.899. The van der Waals surface area contributed by atoms with E-state index in [0.717, 1.165) is 0 Å². The van der Waals surface area contributed by atoms with Gasteiger partial charge in [0.05, 0.1) is 6.54 Å². The van der Waals surface area contributed by atoms with Gasteiger partial charge in [-0.3, -0.25) is 4.79 Å². The summed E-state index contributed by atoms with van der Waals surface area (Å²) in [6.45, 7) is 17.0. The Balaban J connectivity index is 3.95. The third-order valence-corrected chi connectivity index (χ3v) is 1.71. The van der Waals surface area contributed by atoms with Crippen molar-refractivity contribution in [1.29, 1.82) is 0 Å². The molecule has 0 aromatic heterocycles. The van der Waals surface area contributed by atoms with Gasteiger partial charge in [0.2, 0.25) is 11.4 Å². The maximum absolute atomic E-state index is 11.4. The molecule has 0 rings (SSSR count). The Kier molecular flexibility index (Phi) is 4.12. The zero-order valence-electron chi connectivity index (χ0n) is 9.77. The molecule has 0 unspecified atom stereocenters. The Morgan fingerprint density at radius 1 is 1.29 bits per heavy atom. The topological polar surface area (TPSA) is 33.5 Å². The van der Waals surface area contributed by atoms with Crippen molar-refractivity contribution in [3.05, 3.63) is 11.4 Å². The third-order valence-electron chi connectivity index (χ3n) is 1.71. The number of hydrogen-bond donors (Lipinski definition) is 1. The molecule has 0 saturated carbocycles. The highest BCUT2D eigenvalue weighted by Gasteiger charge is 2.24. The Bertz CT molecular complexity index is 243. The molecule has 0 heterocycles. The van der Waals surface area contributed by atoms with Crippen LogP contribution in [0.25, 0.3) is 4.85 Å². The fraction of sp³-hybridized carbons (Fsp3) is 0.818. The summed E-state index contributed by atoms with van der Waals surface area (Å²) in [5.41, 5.74) is -0.486. The Labute approximate surface area is 86.7 Å². The van der Waals surface area contributed by atoms with E-state index in [4.69, 9.17) is 6.57 Å². The van der Waals surface area contributed by atoms with Gasteiger partial charge in [0.1, 0.15) is 0 Å². The summed E-state index contributed by atoms with van der Waals surface area (Å²) < 4.78 is 0. The summed E-state index contributed by atoms with van der Waals surface area (Å²) in [5, 5.41) is 2.78. The molecule has 14 heavy (non-hydrogen) atoms. The van der Waals surface area contributed by atoms with Crippen molar-refractivity contribution < 1.29 is 4.79 Å². The Hall–Kier alpha value is -1.04. The van der Waals surface area contributed by atoms with Crippen LogP contribution in [0.15, 0.2) is 0 Å². The smallest absolute Gasteiger partial charge is 0.244 e. The normalized spacial score (nSPS) is 12.0. The van der Waals surface area contributed by atoms with E-state index < -0.39 is 5.54 Å². The van der Waals surface area contributed by atoms with Crippen LogP contribution in [-0.2, 0) is 4.79 Å². The van der Waals surface area contributed by atoms with E-state index in [2.05, 4.69) is 10.2 Å². The molecular weight excluding hydrogens is 176 g/mol. The molecule has 0 aromatic carbocycles. The van der Waals surface area contributed by atoms with Crippen molar-refractivity contribution in [3.8, 4) is 0 Å². The number of nitrogens with one attached hydrogen (secondary N) is 1. The van der Waals surface area contributed by atoms with Crippen LogP contribution in [0.2, 0.25) is 0 Å². The predicted molar refractivity (Wildman–Crippen MR) is 57.8 cm³/mol. The van der Waals surface area contributed by atoms with E-state index in [1.807, 2.05) is 34.6 Å². The summed E-state index contributed by atoms with van der Waals surface area (Å²) >= 11 is 0. The molecule has 0 atom stereocenters. The first kappa shape index (κ1) is 13.0. The summed E-state index contributed by atoms with van der Waals surface area (Å²) in [6.07, 6.45) is 0.501. The Morgan fingerprint density at radius 3 is 2.14 bits per heavy atom. The summed E-state index contributed by atoms with van der Waals surface area (Å²) in [7, 11) is 0. The molecule has 0 radical (unpaired) electrons. The minimum Gasteiger partial charge on any atom is -0.348 e. The van der Waals surface area contributed by atoms with Gasteiger partial charge < -0.3 is 10.2 Å². The maximum Gasteiger partial charge on any atom is 0.244 e. The zero-order chi connectivity index (χ0) is 11.4. The molecule has 0 fully saturated rings. The Morgan fingerprint density at radius 2 is 1.79 bits per heavy atom. The van der Waals surface area contributed by atoms with Gasteiger partial charge in [-0.25, -0.2) is 6.57 Å². The lowest BCUT2D eigenvalue weighted by atomic mass is 9.92. The molecule has 0 aliphatic rings. The van der Waals surface area contributed by atoms with Crippen molar-refractivity contribution in [2.75, 3.05) is 6.54 Å². The summed E-state index contributed by atoms with van der Waals surface area (Å²) in [5.74, 6) is 0.0224. The zero-order valence-corrected chi connectivity index (χ0v) is 9.77. The lowest BCUT2D eigenvalue weighted by molar-refractivity contribution is -0.122. The van der Waals surface area contributed by atoms with Crippen LogP contribution < -0.4 is 5.32 Å². The summed E-state index contributed by atoms with van der Waals surface area (Å²) in [6, 6.07) is 0. The highest BCUT2D eigenvalue weighted by Crippen LogP contribution is 2.18. The molecule has 0 aliphatic heterocycles. The van der Waals surface area contributed by atoms with Crippen LogP contribution in [0.3, 0.4) is 0 Å². The largest absolute Gasteiger partial charge is 0.348 e. The van der Waals surface area contributed by atoms with Gasteiger partial charge >= 0.3 is 0 Å². The minimum atomic E-state index is -0.493. The summed E-state index contributed by atoms with van der Waals surface area (Å²) in [4.78, 5) is 14.8. The SMILES string of the molecule is [C-]#[N+]C(C)(C)CNC(=O)CC(C)(C)C. The van der Waals surface area contributed by atoms with Crippen molar-refractivity contribution in [1.82, 2.24) is 5.32 Å². The molecule has 0 spiro atoms. The van der Waals surface area contributed by atoms with Gasteiger partial charge in [0.25, 0.3) is 0 Å². The van der Waals surface area contributed by atoms with Gasteiger partial charge in [0, 0.05) is 20.3 Å². The molecule has 0 bridgehead atoms. The van der Waals surface area contributed by atoms with Crippen LogP contribution >= 0.6 is 0 Å². The van der Waals surface area contributed by atoms with E-state index in [0.29, 0.717) is 13.0 Å². The second kappa shape index (κ2) is 4.45. The molecule has 0 aromatic rings. The van der Waals surface area contributed by atoms with E-state index in [-0.39, 0.29) is 11.3 Å². The predicted octanol–water partition coefficient (Wildman–Crippen LogP) is 2.24. The highest BCUT2D eigenvalue weighted by molar-refractivity contribution is 5.76. The highest BCUT2D eigenvalue weighted by atomic mass is 16.1. The lowest BCUT2D eigenvalue weighted by Crippen LogP contribution is -2.37. The molecule has 0 aliphatic carbocycles. The first-order valence-corrected chi connectivity index (χ1v) is 4.82. The maximum atomic E-state index is 11.4. The van der Waals surface area contributed by atoms with Crippen LogP contribution in [0.5, 0.6) is 0 Å². The average Bonchev–Trinajstić information content (AvgIpc) is 1.98. The molecule has 1 amide bonds. The molecule has 3 nitrogen and oxygen atoms in total. The second-order valence-electron chi connectivity index (χ2n) is 5.44. The fourth-order valence-corrected chi connectivity index (χ4v) is 0.899. The van der Waals surface area contributed by atoms with Gasteiger partial charge in [0.15, 0.2) is 0 Å². The monoisotopic (exact) mass is 196 g/mol. The third kappa shape index (κ3) is 6.47. The van der Waals surface area contributed by atoms with Crippen LogP contribution in [0, 0.1) is 12.0 Å².